The zero-order valence-electron chi connectivity index (χ0n) is 12.6. The number of aromatic nitrogens is 6. The van der Waals surface area contributed by atoms with Crippen LogP contribution in [0.15, 0.2) is 60.8 Å². The first kappa shape index (κ1) is 13.6. The summed E-state index contributed by atoms with van der Waals surface area (Å²) in [4.78, 5) is 0. The Labute approximate surface area is 133 Å². The number of nitrogens with zero attached hydrogens (tertiary/aromatic N) is 6. The highest BCUT2D eigenvalue weighted by Gasteiger charge is 2.07. The highest BCUT2D eigenvalue weighted by atomic mass is 15.5. The molecule has 0 aliphatic rings. The van der Waals surface area contributed by atoms with Gasteiger partial charge in [0.15, 0.2) is 0 Å². The normalized spacial score (nSPS) is 11.1. The molecule has 2 aromatic carbocycles. The number of rotatable bonds is 5. The second-order valence-electron chi connectivity index (χ2n) is 5.44. The minimum Gasteiger partial charge on any atom is -0.252 e. The zero-order chi connectivity index (χ0) is 15.5. The monoisotopic (exact) mass is 304 g/mol. The minimum atomic E-state index is 0.575. The summed E-state index contributed by atoms with van der Waals surface area (Å²) in [7, 11) is 0. The Morgan fingerprint density at radius 2 is 1.65 bits per heavy atom. The van der Waals surface area contributed by atoms with E-state index in [0.717, 1.165) is 29.7 Å². The number of para-hydroxylation sites is 1. The van der Waals surface area contributed by atoms with Gasteiger partial charge in [0.2, 0.25) is 0 Å². The summed E-state index contributed by atoms with van der Waals surface area (Å²) >= 11 is 0. The van der Waals surface area contributed by atoms with E-state index >= 15 is 0 Å². The number of hydrogen-bond acceptors (Lipinski definition) is 4. The van der Waals surface area contributed by atoms with E-state index in [1.807, 2.05) is 45.9 Å². The number of benzene rings is 2. The molecule has 0 amide bonds. The molecule has 0 aliphatic heterocycles. The Balaban J connectivity index is 1.46. The molecule has 0 aliphatic carbocycles. The van der Waals surface area contributed by atoms with Crippen LogP contribution in [0.25, 0.3) is 11.0 Å². The van der Waals surface area contributed by atoms with Crippen molar-refractivity contribution in [2.24, 2.45) is 0 Å². The lowest BCUT2D eigenvalue weighted by Gasteiger charge is -2.00. The fourth-order valence-corrected chi connectivity index (χ4v) is 2.60. The van der Waals surface area contributed by atoms with Gasteiger partial charge in [0.05, 0.1) is 18.3 Å². The van der Waals surface area contributed by atoms with Crippen LogP contribution in [0.1, 0.15) is 11.3 Å². The highest BCUT2D eigenvalue weighted by molar-refractivity contribution is 5.73. The summed E-state index contributed by atoms with van der Waals surface area (Å²) in [6.45, 7) is 1.39. The second kappa shape index (κ2) is 6.00. The summed E-state index contributed by atoms with van der Waals surface area (Å²) in [5.41, 5.74) is 4.08. The summed E-state index contributed by atoms with van der Waals surface area (Å²) in [5.74, 6) is 0. The van der Waals surface area contributed by atoms with E-state index in [0.29, 0.717) is 6.54 Å². The van der Waals surface area contributed by atoms with Crippen molar-refractivity contribution in [2.75, 3.05) is 0 Å². The lowest BCUT2D eigenvalue weighted by molar-refractivity contribution is 0.588. The Kier molecular flexibility index (Phi) is 3.56. The van der Waals surface area contributed by atoms with Gasteiger partial charge in [-0.15, -0.1) is 10.2 Å². The molecule has 0 radical (unpaired) electrons. The molecule has 4 aromatic rings. The van der Waals surface area contributed by atoms with E-state index < -0.39 is 0 Å². The minimum absolute atomic E-state index is 0.575. The van der Waals surface area contributed by atoms with Crippen LogP contribution < -0.4 is 0 Å². The molecule has 114 valence electrons. The number of fused-ring (bicyclic) bond motifs is 1. The van der Waals surface area contributed by atoms with Crippen molar-refractivity contribution in [1.82, 2.24) is 30.0 Å². The van der Waals surface area contributed by atoms with E-state index in [-0.39, 0.29) is 0 Å². The Bertz CT molecular complexity index is 909. The molecule has 0 spiro atoms. The summed E-state index contributed by atoms with van der Waals surface area (Å²) in [6, 6.07) is 18.3. The Morgan fingerprint density at radius 1 is 0.826 bits per heavy atom. The predicted molar refractivity (Wildman–Crippen MR) is 86.8 cm³/mol. The van der Waals surface area contributed by atoms with Crippen molar-refractivity contribution in [3.8, 4) is 0 Å². The highest BCUT2D eigenvalue weighted by Crippen LogP contribution is 2.11. The van der Waals surface area contributed by atoms with Gasteiger partial charge in [0.1, 0.15) is 11.2 Å². The molecule has 2 heterocycles. The molecule has 0 fully saturated rings. The molecule has 23 heavy (non-hydrogen) atoms. The van der Waals surface area contributed by atoms with Gasteiger partial charge in [-0.3, -0.25) is 4.68 Å². The van der Waals surface area contributed by atoms with Crippen LogP contribution in [0.2, 0.25) is 0 Å². The molecule has 6 nitrogen and oxygen atoms in total. The predicted octanol–water partition coefficient (Wildman–Crippen LogP) is 2.31. The van der Waals surface area contributed by atoms with Crippen molar-refractivity contribution >= 4 is 11.0 Å². The molecule has 0 bridgehead atoms. The van der Waals surface area contributed by atoms with Crippen LogP contribution in [0.4, 0.5) is 0 Å². The molecule has 4 rings (SSSR count). The molecular formula is C17H16N6. The van der Waals surface area contributed by atoms with Crippen molar-refractivity contribution in [2.45, 2.75) is 19.5 Å². The molecule has 0 unspecified atom stereocenters. The Hall–Kier alpha value is -3.02. The van der Waals surface area contributed by atoms with Crippen molar-refractivity contribution in [1.29, 1.82) is 0 Å². The summed E-state index contributed by atoms with van der Waals surface area (Å²) in [5, 5.41) is 16.8. The number of hydrogen-bond donors (Lipinski definition) is 0. The van der Waals surface area contributed by atoms with E-state index in [4.69, 9.17) is 0 Å². The van der Waals surface area contributed by atoms with E-state index in [9.17, 15) is 0 Å². The maximum absolute atomic E-state index is 4.23. The van der Waals surface area contributed by atoms with Gasteiger partial charge in [0, 0.05) is 6.54 Å². The molecule has 0 N–H and O–H groups in total. The van der Waals surface area contributed by atoms with Gasteiger partial charge in [-0.1, -0.05) is 52.9 Å². The van der Waals surface area contributed by atoms with Gasteiger partial charge in [0.25, 0.3) is 0 Å². The Morgan fingerprint density at radius 3 is 2.57 bits per heavy atom. The smallest absolute Gasteiger partial charge is 0.113 e. The van der Waals surface area contributed by atoms with Crippen LogP contribution in [0.5, 0.6) is 0 Å². The zero-order valence-corrected chi connectivity index (χ0v) is 12.6. The fraction of sp³-hybridized carbons (Fsp3) is 0.176. The average Bonchev–Trinajstić information content (AvgIpc) is 3.22. The van der Waals surface area contributed by atoms with E-state index in [2.05, 4.69) is 44.9 Å². The molecule has 0 saturated heterocycles. The van der Waals surface area contributed by atoms with Crippen LogP contribution in [-0.4, -0.2) is 30.0 Å². The maximum Gasteiger partial charge on any atom is 0.113 e. The topological polar surface area (TPSA) is 61.4 Å². The summed E-state index contributed by atoms with van der Waals surface area (Å²) < 4.78 is 3.72. The third-order valence-corrected chi connectivity index (χ3v) is 3.79. The van der Waals surface area contributed by atoms with Crippen molar-refractivity contribution in [3.05, 3.63) is 72.1 Å². The lowest BCUT2D eigenvalue weighted by Crippen LogP contribution is -2.03. The van der Waals surface area contributed by atoms with E-state index in [1.165, 1.54) is 5.56 Å². The fourth-order valence-electron chi connectivity index (χ4n) is 2.60. The third kappa shape index (κ3) is 2.96. The van der Waals surface area contributed by atoms with Gasteiger partial charge in [-0.05, 0) is 24.1 Å². The number of aryl methyl sites for hydroxylation is 2. The molecule has 6 heteroatoms. The first-order chi connectivity index (χ1) is 11.4. The average molecular weight is 304 g/mol. The second-order valence-corrected chi connectivity index (χ2v) is 5.44. The quantitative estimate of drug-likeness (QED) is 0.567. The van der Waals surface area contributed by atoms with Crippen LogP contribution >= 0.6 is 0 Å². The maximum atomic E-state index is 4.23. The first-order valence-electron chi connectivity index (χ1n) is 7.60. The molecule has 2 aromatic heterocycles. The van der Waals surface area contributed by atoms with E-state index in [1.54, 1.807) is 0 Å². The van der Waals surface area contributed by atoms with Crippen molar-refractivity contribution in [3.63, 3.8) is 0 Å². The van der Waals surface area contributed by atoms with Gasteiger partial charge >= 0.3 is 0 Å². The molecule has 0 atom stereocenters. The molecule has 0 saturated carbocycles. The van der Waals surface area contributed by atoms with Crippen LogP contribution in [-0.2, 0) is 19.5 Å². The van der Waals surface area contributed by atoms with Crippen molar-refractivity contribution < 1.29 is 0 Å². The SMILES string of the molecule is c1ccc(CCn2cc(Cn3nnc4ccccc43)nn2)cc1. The van der Waals surface area contributed by atoms with Gasteiger partial charge in [-0.2, -0.15) is 0 Å². The van der Waals surface area contributed by atoms with Gasteiger partial charge in [-0.25, -0.2) is 4.68 Å². The molecular weight excluding hydrogens is 288 g/mol. The lowest BCUT2D eigenvalue weighted by atomic mass is 10.1. The first-order valence-corrected chi connectivity index (χ1v) is 7.60. The van der Waals surface area contributed by atoms with Gasteiger partial charge < -0.3 is 0 Å². The van der Waals surface area contributed by atoms with Crippen LogP contribution in [0, 0.1) is 0 Å². The standard InChI is InChI=1S/C17H16N6/c1-2-6-14(7-3-1)10-11-22-12-15(18-20-22)13-23-17-9-5-4-8-16(17)19-21-23/h1-9,12H,10-11,13H2. The summed E-state index contributed by atoms with van der Waals surface area (Å²) in [6.07, 6.45) is 2.91. The van der Waals surface area contributed by atoms with Crippen LogP contribution in [0.3, 0.4) is 0 Å². The largest absolute Gasteiger partial charge is 0.252 e. The third-order valence-electron chi connectivity index (χ3n) is 3.79.